The second-order valence-electron chi connectivity index (χ2n) is 5.52. The topological polar surface area (TPSA) is 73.3 Å². The average molecular weight is 312 g/mol. The molecule has 21 heavy (non-hydrogen) atoms. The van der Waals surface area contributed by atoms with Crippen molar-refractivity contribution < 1.29 is 14.3 Å². The van der Waals surface area contributed by atoms with E-state index in [0.717, 1.165) is 6.42 Å². The second kappa shape index (κ2) is 5.73. The molecule has 0 bridgehead atoms. The SMILES string of the molecule is CC[C@H]1O[C@@H](n2ccc(=S)[nH]c2=O)C(C)(OC(C)=O)[C@H]1C. The monoisotopic (exact) mass is 312 g/mol. The van der Waals surface area contributed by atoms with Gasteiger partial charge in [-0.1, -0.05) is 26.1 Å². The molecule has 6 nitrogen and oxygen atoms in total. The van der Waals surface area contributed by atoms with E-state index in [4.69, 9.17) is 21.7 Å². The van der Waals surface area contributed by atoms with Gasteiger partial charge in [-0.2, -0.15) is 0 Å². The van der Waals surface area contributed by atoms with Gasteiger partial charge in [-0.25, -0.2) is 4.79 Å². The van der Waals surface area contributed by atoms with E-state index in [1.807, 2.05) is 13.8 Å². The zero-order valence-electron chi connectivity index (χ0n) is 12.6. The molecule has 2 rings (SSSR count). The van der Waals surface area contributed by atoms with Gasteiger partial charge in [0, 0.05) is 19.0 Å². The molecule has 0 aromatic carbocycles. The Labute approximate surface area is 128 Å². The molecule has 0 radical (unpaired) electrons. The fourth-order valence-electron chi connectivity index (χ4n) is 2.87. The Kier molecular flexibility index (Phi) is 4.34. The van der Waals surface area contributed by atoms with Crippen LogP contribution in [0.15, 0.2) is 17.1 Å². The fraction of sp³-hybridized carbons (Fsp3) is 0.643. The van der Waals surface area contributed by atoms with Crippen LogP contribution in [0.3, 0.4) is 0 Å². The first kappa shape index (κ1) is 15.9. The summed E-state index contributed by atoms with van der Waals surface area (Å²) in [6.45, 7) is 7.12. The van der Waals surface area contributed by atoms with Crippen LogP contribution in [0.2, 0.25) is 0 Å². The number of nitrogens with zero attached hydrogens (tertiary/aromatic N) is 1. The van der Waals surface area contributed by atoms with Crippen molar-refractivity contribution >= 4 is 18.2 Å². The highest BCUT2D eigenvalue weighted by molar-refractivity contribution is 7.71. The third-order valence-corrected chi connectivity index (χ3v) is 4.36. The lowest BCUT2D eigenvalue weighted by atomic mass is 9.86. The van der Waals surface area contributed by atoms with Gasteiger partial charge in [0.05, 0.1) is 6.10 Å². The van der Waals surface area contributed by atoms with E-state index in [1.54, 1.807) is 19.2 Å². The lowest BCUT2D eigenvalue weighted by Gasteiger charge is -2.33. The third kappa shape index (κ3) is 2.80. The quantitative estimate of drug-likeness (QED) is 0.684. The van der Waals surface area contributed by atoms with Crippen LogP contribution in [0.4, 0.5) is 0 Å². The van der Waals surface area contributed by atoms with E-state index in [0.29, 0.717) is 4.64 Å². The highest BCUT2D eigenvalue weighted by Gasteiger charge is 2.54. The van der Waals surface area contributed by atoms with Gasteiger partial charge in [0.2, 0.25) is 0 Å². The van der Waals surface area contributed by atoms with Gasteiger partial charge >= 0.3 is 11.7 Å². The number of esters is 1. The molecule has 0 amide bonds. The van der Waals surface area contributed by atoms with Crippen molar-refractivity contribution in [3.05, 3.63) is 27.4 Å². The highest BCUT2D eigenvalue weighted by Crippen LogP contribution is 2.45. The van der Waals surface area contributed by atoms with Crippen molar-refractivity contribution in [2.75, 3.05) is 0 Å². The first-order valence-electron chi connectivity index (χ1n) is 6.96. The standard InChI is InChI=1S/C14H20N2O4S/c1-5-10-8(2)14(4,20-9(3)17)12(19-10)16-7-6-11(21)15-13(16)18/h6-8,10,12H,5H2,1-4H3,(H,15,18,21)/t8-,10+,12+,14?/m0/s1. The molecule has 1 unspecified atom stereocenters. The molecule has 7 heteroatoms. The zero-order valence-corrected chi connectivity index (χ0v) is 13.4. The summed E-state index contributed by atoms with van der Waals surface area (Å²) in [6.07, 6.45) is 1.57. The molecule has 0 aliphatic carbocycles. The zero-order chi connectivity index (χ0) is 15.8. The van der Waals surface area contributed by atoms with Crippen molar-refractivity contribution in [2.24, 2.45) is 5.92 Å². The summed E-state index contributed by atoms with van der Waals surface area (Å²) in [4.78, 5) is 26.2. The summed E-state index contributed by atoms with van der Waals surface area (Å²) in [6, 6.07) is 1.61. The number of hydrogen-bond acceptors (Lipinski definition) is 5. The molecule has 1 saturated heterocycles. The maximum absolute atomic E-state index is 12.1. The van der Waals surface area contributed by atoms with Gasteiger partial charge in [0.25, 0.3) is 0 Å². The molecule has 0 spiro atoms. The lowest BCUT2D eigenvalue weighted by molar-refractivity contribution is -0.171. The van der Waals surface area contributed by atoms with Crippen molar-refractivity contribution in [1.82, 2.24) is 9.55 Å². The van der Waals surface area contributed by atoms with Crippen molar-refractivity contribution in [2.45, 2.75) is 52.0 Å². The van der Waals surface area contributed by atoms with Gasteiger partial charge < -0.3 is 9.47 Å². The predicted molar refractivity (Wildman–Crippen MR) is 79.4 cm³/mol. The Morgan fingerprint density at radius 1 is 1.62 bits per heavy atom. The van der Waals surface area contributed by atoms with Crippen molar-refractivity contribution in [3.8, 4) is 0 Å². The number of nitrogens with one attached hydrogen (secondary N) is 1. The van der Waals surface area contributed by atoms with Crippen LogP contribution in [0.5, 0.6) is 0 Å². The summed E-state index contributed by atoms with van der Waals surface area (Å²) in [5, 5.41) is 0. The van der Waals surface area contributed by atoms with E-state index in [9.17, 15) is 9.59 Å². The lowest BCUT2D eigenvalue weighted by Crippen LogP contribution is -2.45. The molecular weight excluding hydrogens is 292 g/mol. The van der Waals surface area contributed by atoms with Gasteiger partial charge in [-0.05, 0) is 19.4 Å². The van der Waals surface area contributed by atoms with Crippen LogP contribution in [-0.2, 0) is 14.3 Å². The molecule has 1 aromatic heterocycles. The number of H-pyrrole nitrogens is 1. The maximum Gasteiger partial charge on any atom is 0.328 e. The number of ether oxygens (including phenoxy) is 2. The highest BCUT2D eigenvalue weighted by atomic mass is 32.1. The van der Waals surface area contributed by atoms with Crippen molar-refractivity contribution in [1.29, 1.82) is 0 Å². The van der Waals surface area contributed by atoms with Crippen LogP contribution < -0.4 is 5.69 Å². The number of rotatable bonds is 3. The molecule has 0 saturated carbocycles. The maximum atomic E-state index is 12.1. The van der Waals surface area contributed by atoms with Crippen LogP contribution >= 0.6 is 12.2 Å². The minimum absolute atomic E-state index is 0.0357. The smallest absolute Gasteiger partial charge is 0.328 e. The van der Waals surface area contributed by atoms with E-state index < -0.39 is 17.8 Å². The Bertz CT molecular complexity index is 653. The largest absolute Gasteiger partial charge is 0.454 e. The van der Waals surface area contributed by atoms with E-state index in [2.05, 4.69) is 4.98 Å². The van der Waals surface area contributed by atoms with Gasteiger partial charge in [0.1, 0.15) is 4.64 Å². The molecule has 1 aliphatic rings. The molecule has 4 atom stereocenters. The molecule has 1 aromatic rings. The molecule has 116 valence electrons. The summed E-state index contributed by atoms with van der Waals surface area (Å²) in [7, 11) is 0. The number of hydrogen-bond donors (Lipinski definition) is 1. The Morgan fingerprint density at radius 2 is 2.29 bits per heavy atom. The van der Waals surface area contributed by atoms with E-state index >= 15 is 0 Å². The third-order valence-electron chi connectivity index (χ3n) is 4.13. The number of carbonyl (C=O) groups is 1. The fourth-order valence-corrected chi connectivity index (χ4v) is 3.02. The first-order valence-corrected chi connectivity index (χ1v) is 7.37. The van der Waals surface area contributed by atoms with E-state index in [1.165, 1.54) is 11.5 Å². The summed E-state index contributed by atoms with van der Waals surface area (Å²) < 4.78 is 13.3. The first-order chi connectivity index (χ1) is 9.79. The average Bonchev–Trinajstić information content (AvgIpc) is 2.62. The van der Waals surface area contributed by atoms with Gasteiger partial charge in [-0.15, -0.1) is 0 Å². The minimum Gasteiger partial charge on any atom is -0.454 e. The molecular formula is C14H20N2O4S. The normalized spacial score (nSPS) is 32.1. The molecule has 1 fully saturated rings. The van der Waals surface area contributed by atoms with Gasteiger partial charge in [0.15, 0.2) is 11.8 Å². The number of carbonyl (C=O) groups excluding carboxylic acids is 1. The molecule has 1 N–H and O–H groups in total. The Morgan fingerprint density at radius 3 is 2.81 bits per heavy atom. The molecule has 1 aliphatic heterocycles. The van der Waals surface area contributed by atoms with Crippen LogP contribution in [0.1, 0.15) is 40.3 Å². The Balaban J connectivity index is 2.51. The van der Waals surface area contributed by atoms with Crippen LogP contribution in [0, 0.1) is 10.6 Å². The summed E-state index contributed by atoms with van der Waals surface area (Å²) in [5.74, 6) is -0.432. The number of aromatic nitrogens is 2. The van der Waals surface area contributed by atoms with Gasteiger partial charge in [-0.3, -0.25) is 14.3 Å². The minimum atomic E-state index is -0.910. The van der Waals surface area contributed by atoms with Crippen LogP contribution in [0.25, 0.3) is 0 Å². The second-order valence-corrected chi connectivity index (χ2v) is 5.96. The predicted octanol–water partition coefficient (Wildman–Crippen LogP) is 2.17. The van der Waals surface area contributed by atoms with Crippen LogP contribution in [-0.4, -0.2) is 27.2 Å². The number of aromatic amines is 1. The summed E-state index contributed by atoms with van der Waals surface area (Å²) in [5.41, 5.74) is -1.29. The molecule has 2 heterocycles. The van der Waals surface area contributed by atoms with Crippen molar-refractivity contribution in [3.63, 3.8) is 0 Å². The van der Waals surface area contributed by atoms with E-state index in [-0.39, 0.29) is 17.7 Å². The summed E-state index contributed by atoms with van der Waals surface area (Å²) >= 11 is 4.94. The Hall–Kier alpha value is -1.47.